The van der Waals surface area contributed by atoms with E-state index in [4.69, 9.17) is 24.5 Å². The van der Waals surface area contributed by atoms with E-state index >= 15 is 0 Å². The molecule has 4 rings (SSSR count). The number of benzene rings is 3. The predicted molar refractivity (Wildman–Crippen MR) is 129 cm³/mol. The Bertz CT molecular complexity index is 1120. The Kier molecular flexibility index (Phi) is 8.48. The van der Waals surface area contributed by atoms with Gasteiger partial charge in [-0.25, -0.2) is 4.79 Å². The largest absolute Gasteiger partial charge is 0.455 e. The summed E-state index contributed by atoms with van der Waals surface area (Å²) >= 11 is 0. The van der Waals surface area contributed by atoms with Gasteiger partial charge >= 0.3 is 5.97 Å². The number of hydrogen-bond acceptors (Lipinski definition) is 6. The molecule has 1 heterocycles. The van der Waals surface area contributed by atoms with E-state index < -0.39 is 23.8 Å². The molecule has 0 amide bonds. The van der Waals surface area contributed by atoms with Crippen LogP contribution < -0.4 is 0 Å². The maximum atomic E-state index is 13.2. The van der Waals surface area contributed by atoms with Crippen molar-refractivity contribution < 1.29 is 23.7 Å². The molecule has 3 aromatic carbocycles. The maximum Gasteiger partial charge on any atom is 0.341 e. The third kappa shape index (κ3) is 6.26. The summed E-state index contributed by atoms with van der Waals surface area (Å²) in [6, 6.07) is 28.8. The first kappa shape index (κ1) is 24.4. The minimum atomic E-state index is -1.60. The Hall–Kier alpha value is -3.68. The first-order valence-electron chi connectivity index (χ1n) is 11.4. The second kappa shape index (κ2) is 12.1. The van der Waals surface area contributed by atoms with Gasteiger partial charge in [-0.05, 0) is 22.2 Å². The van der Waals surface area contributed by atoms with Crippen LogP contribution >= 0.6 is 0 Å². The van der Waals surface area contributed by atoms with Gasteiger partial charge in [0.2, 0.25) is 5.60 Å². The second-order valence-corrected chi connectivity index (χ2v) is 8.21. The quantitative estimate of drug-likeness (QED) is 0.160. The highest BCUT2D eigenvalue weighted by Crippen LogP contribution is 2.35. The molecule has 1 fully saturated rings. The van der Waals surface area contributed by atoms with Gasteiger partial charge in [-0.1, -0.05) is 96.1 Å². The van der Waals surface area contributed by atoms with E-state index in [9.17, 15) is 4.79 Å². The molecule has 8 nitrogen and oxygen atoms in total. The normalized spacial score (nSPS) is 21.3. The Labute approximate surface area is 204 Å². The standard InChI is InChI=1S/C27H27N3O5/c28-30-29-20-27(34-18-23-14-8-3-9-15-23)25(33-17-22-12-6-2-7-13-22)24(35-26(27)31)19-32-16-21-10-4-1-5-11-21/h1-15,24-25H,16-20H2/t24-,25+,27+/m0/s1. The summed E-state index contributed by atoms with van der Waals surface area (Å²) in [6.45, 7) is 0.550. The zero-order chi connectivity index (χ0) is 24.3. The van der Waals surface area contributed by atoms with Crippen molar-refractivity contribution in [2.45, 2.75) is 37.6 Å². The number of nitrogens with zero attached hydrogens (tertiary/aromatic N) is 3. The summed E-state index contributed by atoms with van der Waals surface area (Å²) in [5.41, 5.74) is 10.2. The number of rotatable bonds is 12. The number of hydrogen-bond donors (Lipinski definition) is 0. The molecule has 3 atom stereocenters. The molecular weight excluding hydrogens is 446 g/mol. The van der Waals surface area contributed by atoms with Gasteiger partial charge in [-0.3, -0.25) is 0 Å². The van der Waals surface area contributed by atoms with Gasteiger partial charge in [-0.2, -0.15) is 0 Å². The van der Waals surface area contributed by atoms with Gasteiger partial charge in [-0.15, -0.1) is 0 Å². The summed E-state index contributed by atoms with van der Waals surface area (Å²) in [6.07, 6.45) is -1.58. The highest BCUT2D eigenvalue weighted by molar-refractivity contribution is 5.83. The number of carbonyl (C=O) groups is 1. The number of esters is 1. The molecule has 0 aliphatic carbocycles. The fourth-order valence-corrected chi connectivity index (χ4v) is 3.97. The smallest absolute Gasteiger partial charge is 0.341 e. The molecule has 0 spiro atoms. The molecule has 0 saturated carbocycles. The fraction of sp³-hybridized carbons (Fsp3) is 0.296. The SMILES string of the molecule is [N-]=[N+]=NC[C@]1(OCc2ccccc2)C(=O)O[C@@H](COCc2ccccc2)[C@H]1OCc1ccccc1. The van der Waals surface area contributed by atoms with Gasteiger partial charge in [0.1, 0.15) is 6.10 Å². The maximum absolute atomic E-state index is 13.2. The topological polar surface area (TPSA) is 103 Å². The Morgan fingerprint density at radius 3 is 1.94 bits per heavy atom. The summed E-state index contributed by atoms with van der Waals surface area (Å²) in [7, 11) is 0. The van der Waals surface area contributed by atoms with Crippen LogP contribution in [0.3, 0.4) is 0 Å². The minimum Gasteiger partial charge on any atom is -0.455 e. The van der Waals surface area contributed by atoms with Crippen LogP contribution in [0.25, 0.3) is 10.4 Å². The molecule has 35 heavy (non-hydrogen) atoms. The molecule has 1 saturated heterocycles. The van der Waals surface area contributed by atoms with Crippen molar-refractivity contribution in [2.75, 3.05) is 13.2 Å². The molecule has 0 N–H and O–H groups in total. The van der Waals surface area contributed by atoms with Crippen LogP contribution in [0.4, 0.5) is 0 Å². The van der Waals surface area contributed by atoms with E-state index in [1.165, 1.54) is 0 Å². The highest BCUT2D eigenvalue weighted by atomic mass is 16.7. The van der Waals surface area contributed by atoms with E-state index in [1.54, 1.807) is 0 Å². The van der Waals surface area contributed by atoms with Gasteiger partial charge in [0.15, 0.2) is 6.10 Å². The van der Waals surface area contributed by atoms with Crippen LogP contribution in [0.2, 0.25) is 0 Å². The lowest BCUT2D eigenvalue weighted by Gasteiger charge is -2.31. The van der Waals surface area contributed by atoms with Crippen LogP contribution in [-0.4, -0.2) is 36.9 Å². The van der Waals surface area contributed by atoms with Gasteiger partial charge in [0.25, 0.3) is 0 Å². The monoisotopic (exact) mass is 473 g/mol. The van der Waals surface area contributed by atoms with Crippen molar-refractivity contribution in [3.8, 4) is 0 Å². The molecule has 1 aliphatic rings. The lowest BCUT2D eigenvalue weighted by molar-refractivity contribution is -0.169. The molecule has 3 aromatic rings. The highest BCUT2D eigenvalue weighted by Gasteiger charge is 2.59. The lowest BCUT2D eigenvalue weighted by Crippen LogP contribution is -2.53. The predicted octanol–water partition coefficient (Wildman–Crippen LogP) is 4.98. The third-order valence-electron chi connectivity index (χ3n) is 5.78. The number of ether oxygens (including phenoxy) is 4. The first-order valence-corrected chi connectivity index (χ1v) is 11.4. The van der Waals surface area contributed by atoms with Crippen LogP contribution in [-0.2, 0) is 43.6 Å². The van der Waals surface area contributed by atoms with E-state index in [1.807, 2.05) is 91.0 Å². The zero-order valence-electron chi connectivity index (χ0n) is 19.2. The fourth-order valence-electron chi connectivity index (χ4n) is 3.97. The summed E-state index contributed by atoms with van der Waals surface area (Å²) in [5.74, 6) is -0.632. The number of carbonyl (C=O) groups excluding carboxylic acids is 1. The average Bonchev–Trinajstić information content (AvgIpc) is 3.17. The van der Waals surface area contributed by atoms with Crippen LogP contribution in [0.1, 0.15) is 16.7 Å². The molecule has 0 unspecified atom stereocenters. The lowest BCUT2D eigenvalue weighted by atomic mass is 9.95. The molecule has 8 heteroatoms. The Balaban J connectivity index is 1.55. The third-order valence-corrected chi connectivity index (χ3v) is 5.78. The first-order chi connectivity index (χ1) is 17.2. The summed E-state index contributed by atoms with van der Waals surface area (Å²) < 4.78 is 24.0. The van der Waals surface area contributed by atoms with Crippen molar-refractivity contribution >= 4 is 5.97 Å². The van der Waals surface area contributed by atoms with Crippen LogP contribution in [0, 0.1) is 0 Å². The van der Waals surface area contributed by atoms with Crippen LogP contribution in [0.5, 0.6) is 0 Å². The molecular formula is C27H27N3O5. The minimum absolute atomic E-state index is 0.104. The van der Waals surface area contributed by atoms with Crippen molar-refractivity contribution in [3.63, 3.8) is 0 Å². The summed E-state index contributed by atoms with van der Waals surface area (Å²) in [5, 5.41) is 3.69. The number of cyclic esters (lactones) is 1. The van der Waals surface area contributed by atoms with Crippen molar-refractivity contribution in [3.05, 3.63) is 118 Å². The van der Waals surface area contributed by atoms with Crippen molar-refractivity contribution in [1.29, 1.82) is 0 Å². The molecule has 0 radical (unpaired) electrons. The van der Waals surface area contributed by atoms with E-state index in [-0.39, 0.29) is 26.4 Å². The Morgan fingerprint density at radius 2 is 1.37 bits per heavy atom. The molecule has 180 valence electrons. The summed E-state index contributed by atoms with van der Waals surface area (Å²) in [4.78, 5) is 16.1. The zero-order valence-corrected chi connectivity index (χ0v) is 19.2. The van der Waals surface area contributed by atoms with Gasteiger partial charge < -0.3 is 18.9 Å². The molecule has 0 bridgehead atoms. The van der Waals surface area contributed by atoms with E-state index in [0.717, 1.165) is 16.7 Å². The van der Waals surface area contributed by atoms with Crippen LogP contribution in [0.15, 0.2) is 96.1 Å². The van der Waals surface area contributed by atoms with Crippen molar-refractivity contribution in [1.82, 2.24) is 0 Å². The second-order valence-electron chi connectivity index (χ2n) is 8.21. The van der Waals surface area contributed by atoms with Gasteiger partial charge in [0, 0.05) is 4.91 Å². The average molecular weight is 474 g/mol. The Morgan fingerprint density at radius 1 is 0.829 bits per heavy atom. The van der Waals surface area contributed by atoms with E-state index in [0.29, 0.717) is 6.61 Å². The van der Waals surface area contributed by atoms with E-state index in [2.05, 4.69) is 10.0 Å². The van der Waals surface area contributed by atoms with Crippen molar-refractivity contribution in [2.24, 2.45) is 5.11 Å². The molecule has 0 aromatic heterocycles. The van der Waals surface area contributed by atoms with Gasteiger partial charge in [0.05, 0.1) is 33.0 Å². The molecule has 1 aliphatic heterocycles. The number of azide groups is 1.